The lowest BCUT2D eigenvalue weighted by Crippen LogP contribution is -2.22. The van der Waals surface area contributed by atoms with E-state index in [-0.39, 0.29) is 11.7 Å². The summed E-state index contributed by atoms with van der Waals surface area (Å²) in [5.74, 6) is 0.00819. The third-order valence-electron chi connectivity index (χ3n) is 3.03. The van der Waals surface area contributed by atoms with Crippen LogP contribution in [0.25, 0.3) is 11.3 Å². The van der Waals surface area contributed by atoms with Crippen LogP contribution in [0.4, 0.5) is 0 Å². The quantitative estimate of drug-likeness (QED) is 0.776. The smallest absolute Gasteiger partial charge is 0.287 e. The second-order valence-electron chi connectivity index (χ2n) is 4.58. The molecule has 5 nitrogen and oxygen atoms in total. The summed E-state index contributed by atoms with van der Waals surface area (Å²) in [5, 5.41) is 2.78. The molecule has 0 fully saturated rings. The molecule has 3 aromatic rings. The molecule has 0 aromatic carbocycles. The van der Waals surface area contributed by atoms with Crippen LogP contribution in [0, 0.1) is 0 Å². The summed E-state index contributed by atoms with van der Waals surface area (Å²) in [7, 11) is 0. The lowest BCUT2D eigenvalue weighted by atomic mass is 10.1. The molecule has 3 aromatic heterocycles. The highest BCUT2D eigenvalue weighted by molar-refractivity contribution is 9.10. The first-order valence-electron chi connectivity index (χ1n) is 6.61. The molecule has 3 rings (SSSR count). The van der Waals surface area contributed by atoms with Gasteiger partial charge in [0.1, 0.15) is 0 Å². The van der Waals surface area contributed by atoms with Gasteiger partial charge >= 0.3 is 0 Å². The average molecular weight is 358 g/mol. The number of rotatable bonds is 4. The van der Waals surface area contributed by atoms with Crippen molar-refractivity contribution in [1.29, 1.82) is 0 Å². The monoisotopic (exact) mass is 357 g/mol. The van der Waals surface area contributed by atoms with Crippen molar-refractivity contribution in [3.05, 3.63) is 71.0 Å². The van der Waals surface area contributed by atoms with Crippen LogP contribution < -0.4 is 5.32 Å². The molecule has 0 saturated heterocycles. The van der Waals surface area contributed by atoms with E-state index in [0.717, 1.165) is 16.8 Å². The molecular formula is C16H12BrN3O2. The molecule has 3 heterocycles. The van der Waals surface area contributed by atoms with E-state index in [2.05, 4.69) is 31.2 Å². The first kappa shape index (κ1) is 14.5. The van der Waals surface area contributed by atoms with E-state index in [0.29, 0.717) is 11.2 Å². The van der Waals surface area contributed by atoms with Gasteiger partial charge in [0, 0.05) is 30.7 Å². The van der Waals surface area contributed by atoms with Crippen molar-refractivity contribution in [2.75, 3.05) is 0 Å². The van der Waals surface area contributed by atoms with Crippen molar-refractivity contribution in [3.63, 3.8) is 0 Å². The van der Waals surface area contributed by atoms with E-state index >= 15 is 0 Å². The number of carbonyl (C=O) groups is 1. The Hall–Kier alpha value is -2.47. The zero-order valence-electron chi connectivity index (χ0n) is 11.5. The van der Waals surface area contributed by atoms with Gasteiger partial charge in [0.2, 0.25) is 0 Å². The Morgan fingerprint density at radius 2 is 2.09 bits per heavy atom. The van der Waals surface area contributed by atoms with E-state index in [1.807, 2.05) is 24.3 Å². The zero-order chi connectivity index (χ0) is 15.4. The van der Waals surface area contributed by atoms with Gasteiger partial charge in [-0.25, -0.2) is 0 Å². The molecule has 0 bridgehead atoms. The second kappa shape index (κ2) is 6.53. The van der Waals surface area contributed by atoms with Crippen LogP contribution in [0.15, 0.2) is 64.1 Å². The minimum absolute atomic E-state index is 0.262. The highest BCUT2D eigenvalue weighted by Crippen LogP contribution is 2.16. The Morgan fingerprint density at radius 1 is 1.18 bits per heavy atom. The van der Waals surface area contributed by atoms with E-state index in [4.69, 9.17) is 4.42 Å². The fourth-order valence-corrected chi connectivity index (χ4v) is 2.23. The number of amides is 1. The zero-order valence-corrected chi connectivity index (χ0v) is 13.1. The molecule has 0 radical (unpaired) electrons. The Bertz CT molecular complexity index is 770. The van der Waals surface area contributed by atoms with Crippen molar-refractivity contribution in [2.45, 2.75) is 6.54 Å². The molecular weight excluding hydrogens is 346 g/mol. The molecule has 6 heteroatoms. The lowest BCUT2D eigenvalue weighted by molar-refractivity contribution is 0.0922. The van der Waals surface area contributed by atoms with Gasteiger partial charge in [0.25, 0.3) is 5.91 Å². The Balaban J connectivity index is 1.63. The number of nitrogens with one attached hydrogen (secondary N) is 1. The predicted molar refractivity (Wildman–Crippen MR) is 85.0 cm³/mol. The van der Waals surface area contributed by atoms with Crippen molar-refractivity contribution in [2.24, 2.45) is 0 Å². The summed E-state index contributed by atoms with van der Waals surface area (Å²) in [6.07, 6.45) is 5.22. The van der Waals surface area contributed by atoms with Gasteiger partial charge < -0.3 is 9.73 Å². The molecule has 1 amide bonds. The van der Waals surface area contributed by atoms with Crippen LogP contribution in [0.3, 0.4) is 0 Å². The SMILES string of the molecule is O=C(NCc1ccc(-c2cccnc2)nc1)c1ccc(Br)o1. The number of hydrogen-bond acceptors (Lipinski definition) is 4. The Morgan fingerprint density at radius 3 is 2.73 bits per heavy atom. The number of nitrogens with zero attached hydrogens (tertiary/aromatic N) is 2. The number of carbonyl (C=O) groups excluding carboxylic acids is 1. The minimum atomic E-state index is -0.262. The average Bonchev–Trinajstić information content (AvgIpc) is 3.00. The maximum absolute atomic E-state index is 11.9. The summed E-state index contributed by atoms with van der Waals surface area (Å²) in [5.41, 5.74) is 2.71. The van der Waals surface area contributed by atoms with E-state index in [9.17, 15) is 4.79 Å². The normalized spacial score (nSPS) is 10.4. The summed E-state index contributed by atoms with van der Waals surface area (Å²) in [4.78, 5) is 20.3. The molecule has 0 unspecified atom stereocenters. The number of hydrogen-bond donors (Lipinski definition) is 1. The molecule has 22 heavy (non-hydrogen) atoms. The molecule has 0 spiro atoms. The standard InChI is InChI=1S/C16H12BrN3O2/c17-15-6-5-14(22-15)16(21)20-9-11-3-4-13(19-8-11)12-2-1-7-18-10-12/h1-8,10H,9H2,(H,20,21). The molecule has 0 aliphatic heterocycles. The lowest BCUT2D eigenvalue weighted by Gasteiger charge is -2.05. The van der Waals surface area contributed by atoms with E-state index < -0.39 is 0 Å². The maximum atomic E-state index is 11.9. The van der Waals surface area contributed by atoms with E-state index in [1.165, 1.54) is 0 Å². The summed E-state index contributed by atoms with van der Waals surface area (Å²) in [6, 6.07) is 10.9. The summed E-state index contributed by atoms with van der Waals surface area (Å²) >= 11 is 3.16. The van der Waals surface area contributed by atoms with Crippen molar-refractivity contribution in [1.82, 2.24) is 15.3 Å². The highest BCUT2D eigenvalue weighted by atomic mass is 79.9. The molecule has 1 N–H and O–H groups in total. The Kier molecular flexibility index (Phi) is 4.29. The number of aromatic nitrogens is 2. The fraction of sp³-hybridized carbons (Fsp3) is 0.0625. The van der Waals surface area contributed by atoms with Crippen LogP contribution in [0.1, 0.15) is 16.1 Å². The molecule has 110 valence electrons. The topological polar surface area (TPSA) is 68.0 Å². The highest BCUT2D eigenvalue weighted by Gasteiger charge is 2.09. The summed E-state index contributed by atoms with van der Waals surface area (Å²) < 4.78 is 5.72. The van der Waals surface area contributed by atoms with Gasteiger partial charge in [0.15, 0.2) is 10.4 Å². The third kappa shape index (κ3) is 3.40. The van der Waals surface area contributed by atoms with Crippen LogP contribution in [-0.4, -0.2) is 15.9 Å². The largest absolute Gasteiger partial charge is 0.444 e. The first-order chi connectivity index (χ1) is 10.7. The van der Waals surface area contributed by atoms with Crippen LogP contribution in [0.2, 0.25) is 0 Å². The van der Waals surface area contributed by atoms with Crippen molar-refractivity contribution >= 4 is 21.8 Å². The van der Waals surface area contributed by atoms with Crippen LogP contribution in [0.5, 0.6) is 0 Å². The molecule has 0 aliphatic rings. The number of halogens is 1. The van der Waals surface area contributed by atoms with Crippen molar-refractivity contribution < 1.29 is 9.21 Å². The van der Waals surface area contributed by atoms with Gasteiger partial charge in [0.05, 0.1) is 5.69 Å². The maximum Gasteiger partial charge on any atom is 0.287 e. The van der Waals surface area contributed by atoms with Gasteiger partial charge in [-0.2, -0.15) is 0 Å². The minimum Gasteiger partial charge on any atom is -0.444 e. The second-order valence-corrected chi connectivity index (χ2v) is 5.36. The fourth-order valence-electron chi connectivity index (χ4n) is 1.92. The van der Waals surface area contributed by atoms with Gasteiger partial charge in [-0.05, 0) is 51.8 Å². The van der Waals surface area contributed by atoms with Gasteiger partial charge in [-0.1, -0.05) is 6.07 Å². The number of furan rings is 1. The van der Waals surface area contributed by atoms with Gasteiger partial charge in [-0.3, -0.25) is 14.8 Å². The van der Waals surface area contributed by atoms with Gasteiger partial charge in [-0.15, -0.1) is 0 Å². The molecule has 0 saturated carbocycles. The summed E-state index contributed by atoms with van der Waals surface area (Å²) in [6.45, 7) is 0.386. The molecule has 0 aliphatic carbocycles. The predicted octanol–water partition coefficient (Wildman–Crippen LogP) is 3.43. The third-order valence-corrected chi connectivity index (χ3v) is 3.46. The van der Waals surface area contributed by atoms with Crippen LogP contribution >= 0.6 is 15.9 Å². The Labute approximate surface area is 135 Å². The molecule has 0 atom stereocenters. The van der Waals surface area contributed by atoms with E-state index in [1.54, 1.807) is 30.7 Å². The first-order valence-corrected chi connectivity index (χ1v) is 7.40. The number of pyridine rings is 2. The van der Waals surface area contributed by atoms with Crippen LogP contribution in [-0.2, 0) is 6.54 Å². The van der Waals surface area contributed by atoms with Crippen molar-refractivity contribution in [3.8, 4) is 11.3 Å².